The minimum atomic E-state index is -0.184. The number of amides is 1. The van der Waals surface area contributed by atoms with Gasteiger partial charge < -0.3 is 5.32 Å². The van der Waals surface area contributed by atoms with Crippen molar-refractivity contribution in [1.29, 1.82) is 0 Å². The summed E-state index contributed by atoms with van der Waals surface area (Å²) in [4.78, 5) is 11.7. The Bertz CT molecular complexity index is 666. The molecule has 0 aliphatic carbocycles. The highest BCUT2D eigenvalue weighted by molar-refractivity contribution is 6.42. The maximum atomic E-state index is 11.7. The van der Waals surface area contributed by atoms with Crippen molar-refractivity contribution in [1.82, 2.24) is 5.32 Å². The molecule has 0 radical (unpaired) electrons. The van der Waals surface area contributed by atoms with E-state index in [9.17, 15) is 4.79 Å². The maximum absolute atomic E-state index is 11.7. The van der Waals surface area contributed by atoms with Crippen LogP contribution in [-0.4, -0.2) is 5.91 Å². The Hall–Kier alpha value is -1.48. The second-order valence-corrected chi connectivity index (χ2v) is 5.60. The topological polar surface area (TPSA) is 29.1 Å². The molecule has 0 spiro atoms. The van der Waals surface area contributed by atoms with E-state index in [1.807, 2.05) is 12.1 Å². The van der Waals surface area contributed by atoms with Crippen LogP contribution in [0, 0.1) is 0 Å². The van der Waals surface area contributed by atoms with E-state index in [0.717, 1.165) is 11.1 Å². The molecule has 21 heavy (non-hydrogen) atoms. The van der Waals surface area contributed by atoms with Gasteiger partial charge in [-0.25, -0.2) is 0 Å². The first-order valence-corrected chi connectivity index (χ1v) is 7.33. The highest BCUT2D eigenvalue weighted by Gasteiger charge is 1.99. The van der Waals surface area contributed by atoms with E-state index in [-0.39, 0.29) is 5.91 Å². The van der Waals surface area contributed by atoms with Gasteiger partial charge in [0, 0.05) is 17.6 Å². The predicted molar refractivity (Wildman–Crippen MR) is 88.8 cm³/mol. The molecule has 5 heteroatoms. The van der Waals surface area contributed by atoms with Crippen LogP contribution < -0.4 is 5.32 Å². The van der Waals surface area contributed by atoms with E-state index in [2.05, 4.69) is 5.32 Å². The Morgan fingerprint density at radius 1 is 1.00 bits per heavy atom. The molecule has 0 aliphatic heterocycles. The lowest BCUT2D eigenvalue weighted by Crippen LogP contribution is -2.20. The van der Waals surface area contributed by atoms with Gasteiger partial charge in [0.05, 0.1) is 10.0 Å². The van der Waals surface area contributed by atoms with Crippen molar-refractivity contribution < 1.29 is 4.79 Å². The molecule has 0 saturated heterocycles. The molecule has 2 rings (SSSR count). The zero-order valence-electron chi connectivity index (χ0n) is 10.9. The first-order chi connectivity index (χ1) is 10.0. The van der Waals surface area contributed by atoms with Gasteiger partial charge in [0.1, 0.15) is 0 Å². The summed E-state index contributed by atoms with van der Waals surface area (Å²) in [6, 6.07) is 12.5. The first kappa shape index (κ1) is 15.9. The maximum Gasteiger partial charge on any atom is 0.244 e. The number of rotatable bonds is 4. The summed E-state index contributed by atoms with van der Waals surface area (Å²) in [5.74, 6) is -0.184. The van der Waals surface area contributed by atoms with Gasteiger partial charge in [0.2, 0.25) is 5.91 Å². The van der Waals surface area contributed by atoms with Gasteiger partial charge in [0.15, 0.2) is 0 Å². The Balaban J connectivity index is 1.90. The van der Waals surface area contributed by atoms with Crippen LogP contribution in [0.25, 0.3) is 6.08 Å². The van der Waals surface area contributed by atoms with Gasteiger partial charge in [-0.3, -0.25) is 4.79 Å². The van der Waals surface area contributed by atoms with Crippen molar-refractivity contribution in [2.45, 2.75) is 6.54 Å². The normalized spacial score (nSPS) is 10.8. The molecular weight excluding hydrogens is 329 g/mol. The molecule has 1 N–H and O–H groups in total. The van der Waals surface area contributed by atoms with E-state index in [1.54, 1.807) is 36.4 Å². The van der Waals surface area contributed by atoms with Crippen LogP contribution in [-0.2, 0) is 11.3 Å². The van der Waals surface area contributed by atoms with E-state index in [0.29, 0.717) is 21.6 Å². The quantitative estimate of drug-likeness (QED) is 0.782. The lowest BCUT2D eigenvalue weighted by Gasteiger charge is -2.02. The zero-order valence-corrected chi connectivity index (χ0v) is 13.2. The van der Waals surface area contributed by atoms with Crippen LogP contribution in [0.5, 0.6) is 0 Å². The number of carbonyl (C=O) groups excluding carboxylic acids is 1. The molecule has 0 atom stereocenters. The monoisotopic (exact) mass is 339 g/mol. The van der Waals surface area contributed by atoms with Crippen molar-refractivity contribution in [2.75, 3.05) is 0 Å². The average Bonchev–Trinajstić information content (AvgIpc) is 2.48. The van der Waals surface area contributed by atoms with Crippen molar-refractivity contribution >= 4 is 46.8 Å². The highest BCUT2D eigenvalue weighted by atomic mass is 35.5. The van der Waals surface area contributed by atoms with Gasteiger partial charge in [-0.05, 0) is 41.5 Å². The summed E-state index contributed by atoms with van der Waals surface area (Å²) >= 11 is 17.5. The van der Waals surface area contributed by atoms with Crippen LogP contribution in [0.3, 0.4) is 0 Å². The third kappa shape index (κ3) is 5.09. The molecule has 2 aromatic rings. The Labute approximate surface area is 138 Å². The largest absolute Gasteiger partial charge is 0.348 e. The third-order valence-electron chi connectivity index (χ3n) is 2.75. The summed E-state index contributed by atoms with van der Waals surface area (Å²) in [6.07, 6.45) is 3.13. The first-order valence-electron chi connectivity index (χ1n) is 6.20. The van der Waals surface area contributed by atoms with Crippen molar-refractivity contribution in [3.63, 3.8) is 0 Å². The molecule has 0 unspecified atom stereocenters. The zero-order chi connectivity index (χ0) is 15.2. The molecule has 0 fully saturated rings. The highest BCUT2D eigenvalue weighted by Crippen LogP contribution is 2.23. The van der Waals surface area contributed by atoms with E-state index in [1.165, 1.54) is 6.08 Å². The molecule has 2 aromatic carbocycles. The molecular formula is C16H12Cl3NO. The number of halogens is 3. The van der Waals surface area contributed by atoms with Gasteiger partial charge >= 0.3 is 0 Å². The summed E-state index contributed by atoms with van der Waals surface area (Å²) in [7, 11) is 0. The Kier molecular flexibility index (Phi) is 5.68. The van der Waals surface area contributed by atoms with Crippen molar-refractivity contribution in [3.05, 3.63) is 74.7 Å². The second kappa shape index (κ2) is 7.51. The number of benzene rings is 2. The summed E-state index contributed by atoms with van der Waals surface area (Å²) in [5, 5.41) is 4.40. The number of nitrogens with one attached hydrogen (secondary N) is 1. The van der Waals surface area contributed by atoms with Crippen molar-refractivity contribution in [2.24, 2.45) is 0 Å². The number of carbonyl (C=O) groups is 1. The van der Waals surface area contributed by atoms with E-state index in [4.69, 9.17) is 34.8 Å². The Morgan fingerprint density at radius 3 is 2.38 bits per heavy atom. The molecule has 0 aliphatic rings. The van der Waals surface area contributed by atoms with Crippen LogP contribution in [0.15, 0.2) is 48.5 Å². The average molecular weight is 341 g/mol. The van der Waals surface area contributed by atoms with E-state index >= 15 is 0 Å². The minimum Gasteiger partial charge on any atom is -0.348 e. The summed E-state index contributed by atoms with van der Waals surface area (Å²) in [6.45, 7) is 0.446. The minimum absolute atomic E-state index is 0.184. The van der Waals surface area contributed by atoms with Crippen LogP contribution in [0.4, 0.5) is 0 Å². The molecule has 0 bridgehead atoms. The van der Waals surface area contributed by atoms with Gasteiger partial charge in [-0.1, -0.05) is 53.0 Å². The lowest BCUT2D eigenvalue weighted by atomic mass is 10.2. The standard InChI is InChI=1S/C16H12Cl3NO/c17-13-5-1-12(2-6-13)10-20-16(21)8-4-11-3-7-14(18)15(19)9-11/h1-9H,10H2,(H,20,21). The summed E-state index contributed by atoms with van der Waals surface area (Å²) in [5.41, 5.74) is 1.79. The smallest absolute Gasteiger partial charge is 0.244 e. The molecule has 108 valence electrons. The summed E-state index contributed by atoms with van der Waals surface area (Å²) < 4.78 is 0. The SMILES string of the molecule is O=C(C=Cc1ccc(Cl)c(Cl)c1)NCc1ccc(Cl)cc1. The van der Waals surface area contributed by atoms with Crippen LogP contribution in [0.1, 0.15) is 11.1 Å². The fourth-order valence-corrected chi connectivity index (χ4v) is 2.07. The second-order valence-electron chi connectivity index (χ2n) is 4.35. The van der Waals surface area contributed by atoms with Gasteiger partial charge in [-0.2, -0.15) is 0 Å². The molecule has 0 aromatic heterocycles. The molecule has 2 nitrogen and oxygen atoms in total. The third-order valence-corrected chi connectivity index (χ3v) is 3.74. The van der Waals surface area contributed by atoms with Gasteiger partial charge in [-0.15, -0.1) is 0 Å². The van der Waals surface area contributed by atoms with E-state index < -0.39 is 0 Å². The number of hydrogen-bond donors (Lipinski definition) is 1. The van der Waals surface area contributed by atoms with Gasteiger partial charge in [0.25, 0.3) is 0 Å². The fourth-order valence-electron chi connectivity index (χ4n) is 1.64. The fraction of sp³-hybridized carbons (Fsp3) is 0.0625. The lowest BCUT2D eigenvalue weighted by molar-refractivity contribution is -0.116. The van der Waals surface area contributed by atoms with Crippen LogP contribution >= 0.6 is 34.8 Å². The molecule has 0 heterocycles. The van der Waals surface area contributed by atoms with Crippen LogP contribution in [0.2, 0.25) is 15.1 Å². The van der Waals surface area contributed by atoms with Crippen molar-refractivity contribution in [3.8, 4) is 0 Å². The number of hydrogen-bond acceptors (Lipinski definition) is 1. The molecule has 0 saturated carbocycles. The molecule has 1 amide bonds. The predicted octanol–water partition coefficient (Wildman–Crippen LogP) is 4.98. The Morgan fingerprint density at radius 2 is 1.71 bits per heavy atom.